The zero-order valence-electron chi connectivity index (χ0n) is 13.4. The van der Waals surface area contributed by atoms with E-state index >= 15 is 0 Å². The van der Waals surface area contributed by atoms with E-state index in [9.17, 15) is 0 Å². The summed E-state index contributed by atoms with van der Waals surface area (Å²) in [5.74, 6) is 0.996. The predicted molar refractivity (Wildman–Crippen MR) is 82.9 cm³/mol. The third kappa shape index (κ3) is 5.65. The van der Waals surface area contributed by atoms with E-state index in [0.717, 1.165) is 32.0 Å². The summed E-state index contributed by atoms with van der Waals surface area (Å²) >= 11 is 0. The van der Waals surface area contributed by atoms with Crippen LogP contribution < -0.4 is 5.32 Å². The Morgan fingerprint density at radius 1 is 1.30 bits per heavy atom. The molecule has 0 saturated carbocycles. The molecule has 0 spiro atoms. The lowest BCUT2D eigenvalue weighted by Gasteiger charge is -2.30. The highest BCUT2D eigenvalue weighted by Crippen LogP contribution is 2.12. The van der Waals surface area contributed by atoms with Crippen LogP contribution >= 0.6 is 0 Å². The Labute approximate surface area is 123 Å². The molecule has 116 valence electrons. The van der Waals surface area contributed by atoms with E-state index in [4.69, 9.17) is 9.15 Å². The highest BCUT2D eigenvalue weighted by molar-refractivity contribution is 5.02. The maximum atomic E-state index is 5.41. The summed E-state index contributed by atoms with van der Waals surface area (Å²) in [4.78, 5) is 2.52. The van der Waals surface area contributed by atoms with Gasteiger partial charge in [-0.15, -0.1) is 0 Å². The van der Waals surface area contributed by atoms with Crippen LogP contribution in [0.15, 0.2) is 22.8 Å². The summed E-state index contributed by atoms with van der Waals surface area (Å²) in [6.45, 7) is 10.4. The van der Waals surface area contributed by atoms with E-state index in [0.29, 0.717) is 6.04 Å². The Morgan fingerprint density at radius 2 is 2.05 bits per heavy atom. The van der Waals surface area contributed by atoms with Crippen LogP contribution in [0, 0.1) is 0 Å². The minimum atomic E-state index is 0.260. The molecule has 4 nitrogen and oxygen atoms in total. The maximum absolute atomic E-state index is 5.41. The molecule has 1 atom stereocenters. The monoisotopic (exact) mass is 282 g/mol. The molecule has 1 aromatic rings. The molecule has 1 N–H and O–H groups in total. The van der Waals surface area contributed by atoms with E-state index in [1.165, 1.54) is 12.8 Å². The quantitative estimate of drug-likeness (QED) is 0.677. The SMILES string of the molecule is CCC(CC)N(CCNC(C)c1ccco1)CCOC. The molecular weight excluding hydrogens is 252 g/mol. The average molecular weight is 282 g/mol. The molecule has 0 aliphatic carbocycles. The fraction of sp³-hybridized carbons (Fsp3) is 0.750. The van der Waals surface area contributed by atoms with Crippen LogP contribution in [-0.4, -0.2) is 44.3 Å². The van der Waals surface area contributed by atoms with Crippen LogP contribution in [0.5, 0.6) is 0 Å². The number of ether oxygens (including phenoxy) is 1. The summed E-state index contributed by atoms with van der Waals surface area (Å²) in [7, 11) is 1.77. The molecule has 0 aliphatic heterocycles. The largest absolute Gasteiger partial charge is 0.468 e. The van der Waals surface area contributed by atoms with Crippen molar-refractivity contribution in [3.63, 3.8) is 0 Å². The van der Waals surface area contributed by atoms with E-state index < -0.39 is 0 Å². The Morgan fingerprint density at radius 3 is 2.60 bits per heavy atom. The van der Waals surface area contributed by atoms with Gasteiger partial charge < -0.3 is 14.5 Å². The molecule has 1 heterocycles. The topological polar surface area (TPSA) is 37.6 Å². The molecule has 1 aromatic heterocycles. The van der Waals surface area contributed by atoms with Gasteiger partial charge in [0, 0.05) is 32.8 Å². The van der Waals surface area contributed by atoms with Crippen molar-refractivity contribution >= 4 is 0 Å². The summed E-state index contributed by atoms with van der Waals surface area (Å²) < 4.78 is 10.6. The predicted octanol–water partition coefficient (Wildman–Crippen LogP) is 3.07. The van der Waals surface area contributed by atoms with Crippen LogP contribution in [0.3, 0.4) is 0 Å². The number of nitrogens with zero attached hydrogens (tertiary/aromatic N) is 1. The molecule has 0 aliphatic rings. The van der Waals surface area contributed by atoms with Crippen LogP contribution in [0.1, 0.15) is 45.4 Å². The van der Waals surface area contributed by atoms with Crippen LogP contribution in [0.4, 0.5) is 0 Å². The van der Waals surface area contributed by atoms with Gasteiger partial charge in [-0.1, -0.05) is 13.8 Å². The van der Waals surface area contributed by atoms with E-state index in [2.05, 4.69) is 31.0 Å². The second kappa shape index (κ2) is 9.97. The van der Waals surface area contributed by atoms with Crippen LogP contribution in [0.2, 0.25) is 0 Å². The number of rotatable bonds is 11. The summed E-state index contributed by atoms with van der Waals surface area (Å²) in [5.41, 5.74) is 0. The van der Waals surface area contributed by atoms with Crippen molar-refractivity contribution in [1.82, 2.24) is 10.2 Å². The zero-order valence-corrected chi connectivity index (χ0v) is 13.4. The number of hydrogen-bond acceptors (Lipinski definition) is 4. The lowest BCUT2D eigenvalue weighted by molar-refractivity contribution is 0.115. The first-order chi connectivity index (χ1) is 9.72. The van der Waals surface area contributed by atoms with Crippen molar-refractivity contribution in [1.29, 1.82) is 0 Å². The fourth-order valence-corrected chi connectivity index (χ4v) is 2.55. The molecule has 0 aromatic carbocycles. The Bertz CT molecular complexity index is 323. The number of hydrogen-bond donors (Lipinski definition) is 1. The normalized spacial score (nSPS) is 13.3. The Kier molecular flexibility index (Phi) is 8.58. The molecular formula is C16H30N2O2. The van der Waals surface area contributed by atoms with Gasteiger partial charge in [0.2, 0.25) is 0 Å². The standard InChI is InChI=1S/C16H30N2O2/c1-5-15(6-2)18(11-13-19-4)10-9-17-14(3)16-8-7-12-20-16/h7-8,12,14-15,17H,5-6,9-11,13H2,1-4H3. The Hall–Kier alpha value is -0.840. The average Bonchev–Trinajstić information content (AvgIpc) is 2.99. The van der Waals surface area contributed by atoms with Crippen LogP contribution in [-0.2, 0) is 4.74 Å². The van der Waals surface area contributed by atoms with Crippen molar-refractivity contribution in [3.8, 4) is 0 Å². The van der Waals surface area contributed by atoms with Crippen LogP contribution in [0.25, 0.3) is 0 Å². The van der Waals surface area contributed by atoms with Gasteiger partial charge in [-0.2, -0.15) is 0 Å². The highest BCUT2D eigenvalue weighted by Gasteiger charge is 2.15. The van der Waals surface area contributed by atoms with Gasteiger partial charge in [-0.3, -0.25) is 4.90 Å². The summed E-state index contributed by atoms with van der Waals surface area (Å²) in [5, 5.41) is 3.52. The number of nitrogens with one attached hydrogen (secondary N) is 1. The molecule has 1 unspecified atom stereocenters. The molecule has 0 fully saturated rings. The summed E-state index contributed by atoms with van der Waals surface area (Å²) in [6, 6.07) is 4.85. The Balaban J connectivity index is 2.37. The lowest BCUT2D eigenvalue weighted by Crippen LogP contribution is -2.41. The number of methoxy groups -OCH3 is 1. The molecule has 0 bridgehead atoms. The minimum Gasteiger partial charge on any atom is -0.468 e. The maximum Gasteiger partial charge on any atom is 0.120 e. The molecule has 0 radical (unpaired) electrons. The van der Waals surface area contributed by atoms with Crippen molar-refractivity contribution in [3.05, 3.63) is 24.2 Å². The third-order valence-electron chi connectivity index (χ3n) is 3.86. The van der Waals surface area contributed by atoms with Crippen molar-refractivity contribution in [2.24, 2.45) is 0 Å². The second-order valence-corrected chi connectivity index (χ2v) is 5.19. The summed E-state index contributed by atoms with van der Waals surface area (Å²) in [6.07, 6.45) is 4.10. The smallest absolute Gasteiger partial charge is 0.120 e. The van der Waals surface area contributed by atoms with Gasteiger partial charge in [0.05, 0.1) is 18.9 Å². The van der Waals surface area contributed by atoms with E-state index in [-0.39, 0.29) is 6.04 Å². The van der Waals surface area contributed by atoms with Gasteiger partial charge >= 0.3 is 0 Å². The van der Waals surface area contributed by atoms with Crippen molar-refractivity contribution in [2.75, 3.05) is 33.4 Å². The first-order valence-electron chi connectivity index (χ1n) is 7.72. The van der Waals surface area contributed by atoms with Crippen molar-refractivity contribution < 1.29 is 9.15 Å². The van der Waals surface area contributed by atoms with Gasteiger partial charge in [0.1, 0.15) is 5.76 Å². The van der Waals surface area contributed by atoms with E-state index in [1.54, 1.807) is 13.4 Å². The molecule has 20 heavy (non-hydrogen) atoms. The highest BCUT2D eigenvalue weighted by atomic mass is 16.5. The fourth-order valence-electron chi connectivity index (χ4n) is 2.55. The van der Waals surface area contributed by atoms with Gasteiger partial charge in [-0.25, -0.2) is 0 Å². The molecule has 0 amide bonds. The van der Waals surface area contributed by atoms with Gasteiger partial charge in [0.25, 0.3) is 0 Å². The molecule has 1 rings (SSSR count). The first-order valence-corrected chi connectivity index (χ1v) is 7.72. The molecule has 4 heteroatoms. The molecule has 0 saturated heterocycles. The minimum absolute atomic E-state index is 0.260. The van der Waals surface area contributed by atoms with Gasteiger partial charge in [0.15, 0.2) is 0 Å². The van der Waals surface area contributed by atoms with Gasteiger partial charge in [-0.05, 0) is 31.9 Å². The number of furan rings is 1. The zero-order chi connectivity index (χ0) is 14.8. The van der Waals surface area contributed by atoms with Crippen molar-refractivity contribution in [2.45, 2.75) is 45.7 Å². The van der Waals surface area contributed by atoms with E-state index in [1.807, 2.05) is 12.1 Å². The third-order valence-corrected chi connectivity index (χ3v) is 3.86. The lowest BCUT2D eigenvalue weighted by atomic mass is 10.1. The first kappa shape index (κ1) is 17.2. The second-order valence-electron chi connectivity index (χ2n) is 5.19.